The van der Waals surface area contributed by atoms with E-state index < -0.39 is 49.0 Å². The number of carbonyl (C=O) groups is 3. The number of alkyl carbamates (subject to hydrolysis) is 1. The Labute approximate surface area is 195 Å². The molecule has 10 heteroatoms. The molecule has 0 aromatic heterocycles. The number of methoxy groups -OCH3 is 1. The van der Waals surface area contributed by atoms with Crippen LogP contribution in [0.1, 0.15) is 30.4 Å². The van der Waals surface area contributed by atoms with E-state index in [9.17, 15) is 28.3 Å². The molecule has 0 fully saturated rings. The summed E-state index contributed by atoms with van der Waals surface area (Å²) in [4.78, 5) is 36.3. The predicted octanol–water partition coefficient (Wildman–Crippen LogP) is 3.15. The van der Waals surface area contributed by atoms with E-state index in [1.54, 1.807) is 0 Å². The monoisotopic (exact) mass is 476 g/mol. The summed E-state index contributed by atoms with van der Waals surface area (Å²) in [6.07, 6.45) is -5.92. The van der Waals surface area contributed by atoms with E-state index in [0.29, 0.717) is 0 Å². The topological polar surface area (TPSA) is 114 Å². The van der Waals surface area contributed by atoms with Crippen molar-refractivity contribution in [3.05, 3.63) is 59.7 Å². The molecule has 2 amide bonds. The molecule has 1 aliphatic carbocycles. The van der Waals surface area contributed by atoms with Gasteiger partial charge < -0.3 is 25.2 Å². The van der Waals surface area contributed by atoms with Crippen molar-refractivity contribution in [2.45, 2.75) is 43.9 Å². The number of carboxylic acid groups (broad SMARTS) is 1. The summed E-state index contributed by atoms with van der Waals surface area (Å²) in [5.41, 5.74) is 3.98. The molecule has 0 radical (unpaired) electrons. The number of amides is 2. The van der Waals surface area contributed by atoms with Gasteiger partial charge in [0.15, 0.2) is 6.04 Å². The molecule has 0 aliphatic heterocycles. The quantitative estimate of drug-likeness (QED) is 0.486. The summed E-state index contributed by atoms with van der Waals surface area (Å²) < 4.78 is 36.4. The highest BCUT2D eigenvalue weighted by Crippen LogP contribution is 2.44. The van der Waals surface area contributed by atoms with Gasteiger partial charge in [-0.1, -0.05) is 48.5 Å². The normalized spacial score (nSPS) is 15.1. The van der Waals surface area contributed by atoms with Gasteiger partial charge in [0, 0.05) is 19.4 Å². The van der Waals surface area contributed by atoms with Gasteiger partial charge in [-0.15, -0.1) is 0 Å². The van der Waals surface area contributed by atoms with Crippen molar-refractivity contribution >= 4 is 18.0 Å². The first-order chi connectivity index (χ1) is 16.2. The maximum Gasteiger partial charge on any atom is 0.407 e. The van der Waals surface area contributed by atoms with Crippen molar-refractivity contribution in [1.82, 2.24) is 10.6 Å². The highest BCUT2D eigenvalue weighted by Gasteiger charge is 2.33. The summed E-state index contributed by atoms with van der Waals surface area (Å²) in [6, 6.07) is 12.2. The molecule has 3 rings (SSSR count). The molecule has 2 aromatic rings. The van der Waals surface area contributed by atoms with Crippen LogP contribution in [0.4, 0.5) is 13.6 Å². The molecule has 0 saturated heterocycles. The summed E-state index contributed by atoms with van der Waals surface area (Å²) in [6.45, 7) is 1.33. The first-order valence-corrected chi connectivity index (χ1v) is 10.7. The fraction of sp³-hybridized carbons (Fsp3) is 0.375. The van der Waals surface area contributed by atoms with Gasteiger partial charge in [0.1, 0.15) is 12.6 Å². The third-order valence-electron chi connectivity index (χ3n) is 5.77. The Morgan fingerprint density at radius 1 is 1.00 bits per heavy atom. The smallest absolute Gasteiger partial charge is 0.407 e. The van der Waals surface area contributed by atoms with Crippen LogP contribution in [0.3, 0.4) is 0 Å². The lowest BCUT2D eigenvalue weighted by Crippen LogP contribution is -2.55. The number of halogens is 2. The molecule has 34 heavy (non-hydrogen) atoms. The van der Waals surface area contributed by atoms with Crippen molar-refractivity contribution in [2.75, 3.05) is 13.7 Å². The summed E-state index contributed by atoms with van der Waals surface area (Å²) >= 11 is 0. The lowest BCUT2D eigenvalue weighted by atomic mass is 9.98. The molecule has 3 unspecified atom stereocenters. The van der Waals surface area contributed by atoms with Gasteiger partial charge in [-0.25, -0.2) is 18.4 Å². The minimum absolute atomic E-state index is 0.0681. The Hall–Kier alpha value is -3.53. The molecule has 0 spiro atoms. The van der Waals surface area contributed by atoms with Gasteiger partial charge in [0.25, 0.3) is 0 Å². The average Bonchev–Trinajstić information content (AvgIpc) is 3.13. The van der Waals surface area contributed by atoms with Crippen LogP contribution in [-0.4, -0.2) is 61.4 Å². The minimum Gasteiger partial charge on any atom is -0.480 e. The number of carboxylic acids is 1. The SMILES string of the molecule is COC(C)C(NC(=O)C(CC(F)F)NC(=O)OCC1c2ccccc2-c2ccccc21)C(=O)O. The molecule has 3 N–H and O–H groups in total. The van der Waals surface area contributed by atoms with Crippen molar-refractivity contribution in [3.63, 3.8) is 0 Å². The number of aliphatic carboxylic acids is 1. The number of alkyl halides is 2. The second-order valence-corrected chi connectivity index (χ2v) is 7.91. The highest BCUT2D eigenvalue weighted by molar-refractivity contribution is 5.89. The fourth-order valence-corrected chi connectivity index (χ4v) is 3.96. The van der Waals surface area contributed by atoms with E-state index in [1.165, 1.54) is 14.0 Å². The molecule has 0 bridgehead atoms. The summed E-state index contributed by atoms with van der Waals surface area (Å²) in [5.74, 6) is -2.73. The fourth-order valence-electron chi connectivity index (χ4n) is 3.96. The standard InChI is InChI=1S/C24H26F2N2O6/c1-13(33-2)21(23(30)31)28-22(29)19(11-20(25)26)27-24(32)34-12-18-16-9-5-3-7-14(16)15-8-4-6-10-17(15)18/h3-10,13,18-21H,11-12H2,1-2H3,(H,27,32)(H,28,29)(H,30,31). The second kappa shape index (κ2) is 11.1. The van der Waals surface area contributed by atoms with Crippen LogP contribution >= 0.6 is 0 Å². The summed E-state index contributed by atoms with van der Waals surface area (Å²) in [7, 11) is 1.25. The summed E-state index contributed by atoms with van der Waals surface area (Å²) in [5, 5.41) is 13.5. The maximum atomic E-state index is 13.1. The van der Waals surface area contributed by atoms with Crippen molar-refractivity contribution in [2.24, 2.45) is 0 Å². The first-order valence-electron chi connectivity index (χ1n) is 10.7. The Morgan fingerprint density at radius 3 is 2.06 bits per heavy atom. The van der Waals surface area contributed by atoms with Gasteiger partial charge >= 0.3 is 12.1 Å². The maximum absolute atomic E-state index is 13.1. The van der Waals surface area contributed by atoms with E-state index in [0.717, 1.165) is 22.3 Å². The number of hydrogen-bond donors (Lipinski definition) is 3. The zero-order valence-electron chi connectivity index (χ0n) is 18.7. The number of carbonyl (C=O) groups excluding carboxylic acids is 2. The molecular formula is C24H26F2N2O6. The Bertz CT molecular complexity index is 1000. The Morgan fingerprint density at radius 2 is 1.56 bits per heavy atom. The van der Waals surface area contributed by atoms with Gasteiger partial charge in [-0.05, 0) is 29.2 Å². The number of ether oxygens (including phenoxy) is 2. The predicted molar refractivity (Wildman–Crippen MR) is 119 cm³/mol. The first kappa shape index (κ1) is 25.1. The van der Waals surface area contributed by atoms with Crippen LogP contribution in [0.5, 0.6) is 0 Å². The van der Waals surface area contributed by atoms with Crippen LogP contribution in [-0.2, 0) is 19.1 Å². The zero-order chi connectivity index (χ0) is 24.8. The van der Waals surface area contributed by atoms with E-state index in [2.05, 4.69) is 10.6 Å². The number of fused-ring (bicyclic) bond motifs is 3. The number of rotatable bonds is 10. The third-order valence-corrected chi connectivity index (χ3v) is 5.77. The third kappa shape index (κ3) is 5.69. The highest BCUT2D eigenvalue weighted by atomic mass is 19.3. The molecule has 8 nitrogen and oxygen atoms in total. The second-order valence-electron chi connectivity index (χ2n) is 7.91. The lowest BCUT2D eigenvalue weighted by molar-refractivity contribution is -0.145. The van der Waals surface area contributed by atoms with Crippen molar-refractivity contribution in [3.8, 4) is 11.1 Å². The zero-order valence-corrected chi connectivity index (χ0v) is 18.7. The number of hydrogen-bond acceptors (Lipinski definition) is 5. The van der Waals surface area contributed by atoms with Crippen LogP contribution in [0.15, 0.2) is 48.5 Å². The van der Waals surface area contributed by atoms with E-state index in [4.69, 9.17) is 9.47 Å². The molecule has 0 heterocycles. The van der Waals surface area contributed by atoms with Crippen LogP contribution in [0, 0.1) is 0 Å². The Kier molecular flexibility index (Phi) is 8.17. The average molecular weight is 476 g/mol. The van der Waals surface area contributed by atoms with Crippen molar-refractivity contribution < 1.29 is 37.7 Å². The number of benzene rings is 2. The molecule has 2 aromatic carbocycles. The molecule has 1 aliphatic rings. The molecule has 0 saturated carbocycles. The van der Waals surface area contributed by atoms with Gasteiger partial charge in [0.2, 0.25) is 12.3 Å². The number of nitrogens with one attached hydrogen (secondary N) is 2. The largest absolute Gasteiger partial charge is 0.480 e. The van der Waals surface area contributed by atoms with E-state index >= 15 is 0 Å². The lowest BCUT2D eigenvalue weighted by Gasteiger charge is -2.24. The van der Waals surface area contributed by atoms with Crippen LogP contribution in [0.2, 0.25) is 0 Å². The molecular weight excluding hydrogens is 450 g/mol. The van der Waals surface area contributed by atoms with E-state index in [-0.39, 0.29) is 12.5 Å². The molecule has 182 valence electrons. The van der Waals surface area contributed by atoms with Crippen LogP contribution in [0.25, 0.3) is 11.1 Å². The van der Waals surface area contributed by atoms with Crippen molar-refractivity contribution in [1.29, 1.82) is 0 Å². The van der Waals surface area contributed by atoms with E-state index in [1.807, 2.05) is 48.5 Å². The van der Waals surface area contributed by atoms with Crippen LogP contribution < -0.4 is 10.6 Å². The van der Waals surface area contributed by atoms with Gasteiger partial charge in [-0.2, -0.15) is 0 Å². The van der Waals surface area contributed by atoms with Gasteiger partial charge in [-0.3, -0.25) is 4.79 Å². The molecule has 3 atom stereocenters. The Balaban J connectivity index is 1.67. The van der Waals surface area contributed by atoms with Gasteiger partial charge in [0.05, 0.1) is 6.10 Å². The minimum atomic E-state index is -2.92.